The first-order valence-corrected chi connectivity index (χ1v) is 8.79. The van der Waals surface area contributed by atoms with Crippen LogP contribution in [0.5, 0.6) is 0 Å². The van der Waals surface area contributed by atoms with Gasteiger partial charge in [0.1, 0.15) is 11.3 Å². The number of rotatable bonds is 5. The van der Waals surface area contributed by atoms with Crippen LogP contribution < -0.4 is 10.5 Å². The molecule has 0 atom stereocenters. The van der Waals surface area contributed by atoms with E-state index in [-0.39, 0.29) is 22.8 Å². The molecule has 0 aliphatic heterocycles. The molecule has 0 aliphatic rings. The minimum Gasteiger partial charge on any atom is -0.374 e. The number of nitrogens with one attached hydrogen (secondary N) is 1. The predicted octanol–water partition coefficient (Wildman–Crippen LogP) is 1.81. The molecule has 0 aliphatic carbocycles. The third-order valence-electron chi connectivity index (χ3n) is 3.70. The van der Waals surface area contributed by atoms with Gasteiger partial charge in [-0.25, -0.2) is 18.5 Å². The van der Waals surface area contributed by atoms with Gasteiger partial charge in [0.15, 0.2) is 0 Å². The van der Waals surface area contributed by atoms with Gasteiger partial charge in [-0.15, -0.1) is 0 Å². The molecule has 3 N–H and O–H groups in total. The van der Waals surface area contributed by atoms with Crippen LogP contribution >= 0.6 is 0 Å². The molecule has 3 rings (SSSR count). The minimum atomic E-state index is -4.01. The van der Waals surface area contributed by atoms with Gasteiger partial charge in [0.05, 0.1) is 22.1 Å². The highest BCUT2D eigenvalue weighted by atomic mass is 32.2. The molecular weight excluding hydrogens is 346 g/mol. The fourth-order valence-corrected chi connectivity index (χ4v) is 2.99. The largest absolute Gasteiger partial charge is 0.374 e. The lowest BCUT2D eigenvalue weighted by atomic mass is 10.2. The molecule has 0 saturated heterocycles. The van der Waals surface area contributed by atoms with Crippen molar-refractivity contribution in [2.45, 2.75) is 18.4 Å². The van der Waals surface area contributed by atoms with Crippen molar-refractivity contribution in [2.24, 2.45) is 5.14 Å². The zero-order chi connectivity index (χ0) is 18.2. The summed E-state index contributed by atoms with van der Waals surface area (Å²) in [6, 6.07) is 9.18. The molecule has 9 nitrogen and oxygen atoms in total. The second kappa shape index (κ2) is 6.15. The molecule has 0 spiro atoms. The maximum absolute atomic E-state index is 11.4. The van der Waals surface area contributed by atoms with Gasteiger partial charge in [0.2, 0.25) is 10.0 Å². The molecule has 1 aromatic carbocycles. The molecule has 0 bridgehead atoms. The summed E-state index contributed by atoms with van der Waals surface area (Å²) in [6.45, 7) is 2.19. The summed E-state index contributed by atoms with van der Waals surface area (Å²) in [4.78, 5) is 14.7. The number of nitro benzene ring substituents is 1. The summed E-state index contributed by atoms with van der Waals surface area (Å²) < 4.78 is 24.6. The Bertz CT molecular complexity index is 1070. The van der Waals surface area contributed by atoms with Crippen LogP contribution in [0.2, 0.25) is 0 Å². The number of sulfonamides is 1. The van der Waals surface area contributed by atoms with E-state index in [2.05, 4.69) is 10.3 Å². The van der Waals surface area contributed by atoms with Gasteiger partial charge in [-0.3, -0.25) is 10.1 Å². The SMILES string of the molecule is Cc1cccc2nc(CNc3ccc(S(N)(=O)=O)cc3[N+](=O)[O-])cn12. The Kier molecular flexibility index (Phi) is 4.15. The molecule has 25 heavy (non-hydrogen) atoms. The van der Waals surface area contributed by atoms with E-state index in [0.717, 1.165) is 17.4 Å². The third kappa shape index (κ3) is 3.44. The number of imidazole rings is 1. The highest BCUT2D eigenvalue weighted by Crippen LogP contribution is 2.27. The molecule has 130 valence electrons. The number of primary sulfonamides is 1. The van der Waals surface area contributed by atoms with E-state index in [0.29, 0.717) is 5.69 Å². The van der Waals surface area contributed by atoms with E-state index in [9.17, 15) is 18.5 Å². The molecule has 0 saturated carbocycles. The molecule has 0 radical (unpaired) electrons. The van der Waals surface area contributed by atoms with Crippen LogP contribution in [0.4, 0.5) is 11.4 Å². The lowest BCUT2D eigenvalue weighted by Crippen LogP contribution is -2.13. The Morgan fingerprint density at radius 3 is 2.72 bits per heavy atom. The zero-order valence-corrected chi connectivity index (χ0v) is 14.0. The average Bonchev–Trinajstić information content (AvgIpc) is 2.96. The Hall–Kier alpha value is -2.98. The maximum Gasteiger partial charge on any atom is 0.293 e. The number of nitro groups is 1. The number of anilines is 1. The van der Waals surface area contributed by atoms with Crippen LogP contribution in [0, 0.1) is 17.0 Å². The Balaban J connectivity index is 1.89. The van der Waals surface area contributed by atoms with Crippen LogP contribution in [0.15, 0.2) is 47.5 Å². The monoisotopic (exact) mass is 361 g/mol. The van der Waals surface area contributed by atoms with Gasteiger partial charge >= 0.3 is 0 Å². The van der Waals surface area contributed by atoms with E-state index < -0.39 is 14.9 Å². The predicted molar refractivity (Wildman–Crippen MR) is 91.7 cm³/mol. The summed E-state index contributed by atoms with van der Waals surface area (Å²) in [6.07, 6.45) is 1.84. The van der Waals surface area contributed by atoms with Gasteiger partial charge in [-0.1, -0.05) is 6.07 Å². The molecule has 2 aromatic heterocycles. The van der Waals surface area contributed by atoms with Gasteiger partial charge in [-0.2, -0.15) is 0 Å². The summed E-state index contributed by atoms with van der Waals surface area (Å²) in [5.41, 5.74) is 2.30. The van der Waals surface area contributed by atoms with Crippen LogP contribution in [0.1, 0.15) is 11.4 Å². The maximum atomic E-state index is 11.4. The first kappa shape index (κ1) is 16.9. The molecule has 3 aromatic rings. The van der Waals surface area contributed by atoms with E-state index in [1.54, 1.807) is 0 Å². The number of fused-ring (bicyclic) bond motifs is 1. The number of nitrogens with zero attached hydrogens (tertiary/aromatic N) is 3. The second-order valence-corrected chi connectivity index (χ2v) is 7.02. The summed E-state index contributed by atoms with van der Waals surface area (Å²) >= 11 is 0. The molecule has 10 heteroatoms. The van der Waals surface area contributed by atoms with Crippen molar-refractivity contribution in [2.75, 3.05) is 5.32 Å². The molecule has 0 amide bonds. The zero-order valence-electron chi connectivity index (χ0n) is 13.2. The number of hydrogen-bond donors (Lipinski definition) is 2. The molecular formula is C15H15N5O4S. The summed E-state index contributed by atoms with van der Waals surface area (Å²) in [7, 11) is -4.01. The topological polar surface area (TPSA) is 133 Å². The number of aryl methyl sites for hydroxylation is 1. The molecule has 2 heterocycles. The fraction of sp³-hybridized carbons (Fsp3) is 0.133. The third-order valence-corrected chi connectivity index (χ3v) is 4.61. The number of benzene rings is 1. The number of nitrogens with two attached hydrogens (primary N) is 1. The number of pyridine rings is 1. The van der Waals surface area contributed by atoms with E-state index in [4.69, 9.17) is 5.14 Å². The van der Waals surface area contributed by atoms with Crippen molar-refractivity contribution in [3.05, 3.63) is 64.1 Å². The molecule has 0 fully saturated rings. The normalized spacial score (nSPS) is 11.6. The first-order chi connectivity index (χ1) is 11.8. The Morgan fingerprint density at radius 1 is 1.32 bits per heavy atom. The smallest absolute Gasteiger partial charge is 0.293 e. The second-order valence-electron chi connectivity index (χ2n) is 5.46. The van der Waals surface area contributed by atoms with E-state index in [1.807, 2.05) is 35.7 Å². The summed E-state index contributed by atoms with van der Waals surface area (Å²) in [5.74, 6) is 0. The quantitative estimate of drug-likeness (QED) is 0.526. The van der Waals surface area contributed by atoms with Gasteiger partial charge < -0.3 is 9.72 Å². The first-order valence-electron chi connectivity index (χ1n) is 7.24. The number of hydrogen-bond acceptors (Lipinski definition) is 6. The van der Waals surface area contributed by atoms with Crippen LogP contribution in [0.3, 0.4) is 0 Å². The fourth-order valence-electron chi connectivity index (χ4n) is 2.46. The number of aromatic nitrogens is 2. The van der Waals surface area contributed by atoms with Crippen molar-refractivity contribution in [3.63, 3.8) is 0 Å². The van der Waals surface area contributed by atoms with Crippen molar-refractivity contribution in [3.8, 4) is 0 Å². The highest BCUT2D eigenvalue weighted by Gasteiger charge is 2.19. The standard InChI is InChI=1S/C15H15N5O4S/c1-10-3-2-4-15-18-11(9-19(10)15)8-17-13-6-5-12(25(16,23)24)7-14(13)20(21)22/h2-7,9,17H,8H2,1H3,(H2,16,23,24). The van der Waals surface area contributed by atoms with Crippen molar-refractivity contribution < 1.29 is 13.3 Å². The lowest BCUT2D eigenvalue weighted by molar-refractivity contribution is -0.384. The van der Waals surface area contributed by atoms with Crippen molar-refractivity contribution in [1.82, 2.24) is 9.38 Å². The Morgan fingerprint density at radius 2 is 2.08 bits per heavy atom. The van der Waals surface area contributed by atoms with Crippen molar-refractivity contribution >= 4 is 27.0 Å². The Labute approximate surface area is 143 Å². The van der Waals surface area contributed by atoms with Crippen molar-refractivity contribution in [1.29, 1.82) is 0 Å². The minimum absolute atomic E-state index is 0.186. The lowest BCUT2D eigenvalue weighted by Gasteiger charge is -2.07. The van der Waals surface area contributed by atoms with E-state index in [1.165, 1.54) is 12.1 Å². The van der Waals surface area contributed by atoms with E-state index >= 15 is 0 Å². The van der Waals surface area contributed by atoms with Gasteiger partial charge in [0.25, 0.3) is 5.69 Å². The molecule has 0 unspecified atom stereocenters. The van der Waals surface area contributed by atoms with Crippen LogP contribution in [-0.2, 0) is 16.6 Å². The van der Waals surface area contributed by atoms with Gasteiger partial charge in [-0.05, 0) is 31.2 Å². The summed E-state index contributed by atoms with van der Waals surface area (Å²) in [5, 5.41) is 19.1. The van der Waals surface area contributed by atoms with Crippen LogP contribution in [0.25, 0.3) is 5.65 Å². The average molecular weight is 361 g/mol. The highest BCUT2D eigenvalue weighted by molar-refractivity contribution is 7.89. The van der Waals surface area contributed by atoms with Gasteiger partial charge in [0, 0.05) is 18.0 Å². The van der Waals surface area contributed by atoms with Crippen LogP contribution in [-0.4, -0.2) is 22.7 Å².